The van der Waals surface area contributed by atoms with Gasteiger partial charge in [-0.1, -0.05) is 54.6 Å². The molecule has 0 amide bonds. The van der Waals surface area contributed by atoms with E-state index < -0.39 is 325 Å². The van der Waals surface area contributed by atoms with Crippen LogP contribution >= 0.6 is 0 Å². The molecule has 1 aliphatic heterocycles. The second-order valence-electron chi connectivity index (χ2n) is 30.5. The first-order valence-corrected chi connectivity index (χ1v) is 40.6. The number of aryl methyl sites for hydroxylation is 2. The summed E-state index contributed by atoms with van der Waals surface area (Å²) in [5.41, 5.74) is -2.72. The molecule has 0 bridgehead atoms. The predicted molar refractivity (Wildman–Crippen MR) is 469 cm³/mol. The maximum atomic E-state index is 15.3. The van der Waals surface area contributed by atoms with Gasteiger partial charge in [-0.3, -0.25) is 0 Å². The number of hydrogen-bond donors (Lipinski definition) is 26. The second-order valence-corrected chi connectivity index (χ2v) is 30.5. The molecule has 5 atom stereocenters. The first-order valence-electron chi connectivity index (χ1n) is 40.6. The Morgan fingerprint density at radius 1 is 0.282 bits per heavy atom. The van der Waals surface area contributed by atoms with Crippen LogP contribution in [0.25, 0.3) is 5.57 Å². The van der Waals surface area contributed by atoms with Crippen LogP contribution < -0.4 is 29.0 Å². The normalized spacial score (nSPS) is 14.5. The highest BCUT2D eigenvalue weighted by molar-refractivity contribution is 6.01. The maximum absolute atomic E-state index is 15.3. The van der Waals surface area contributed by atoms with Crippen molar-refractivity contribution >= 4 is 65.3 Å². The zero-order valence-electron chi connectivity index (χ0n) is 71.9. The SMILES string of the molecule is CNCCC=C1c2ccccc2CCc2ccccc21.O=C(OC[C@H]1O[C@@H](OC(=O)c2cc(O)c(O)c(OC(=O)c3cc(O)c(O)c(O)c3)c2)[C@H](OC(=O)c2cc(O)c(O)c(OC(=O)c3cc(O)c(O)c(O)c3)c2)[C@@H](OC(=O)c2cc(O)c(O)c(OC(=O)c3cc(O)c(O)c(O)c3)c2)[C@@H]1OC(=O)c1cc(O)c(O)c(OC(=O)c2cc(O)c(O)c(O)c2)c1)c1cc(O)c(O)c(OC(=O)c2cc(O)c(O)c(O)c2)c1. The quantitative estimate of drug-likeness (QED) is 0.00884. The van der Waals surface area contributed by atoms with Gasteiger partial charge in [-0.15, -0.1) is 0 Å². The molecule has 0 saturated carbocycles. The van der Waals surface area contributed by atoms with Crippen molar-refractivity contribution in [2.45, 2.75) is 50.0 Å². The van der Waals surface area contributed by atoms with E-state index in [9.17, 15) is 161 Å². The largest absolute Gasteiger partial charge is 0.504 e. The molecule has 0 radical (unpaired) electrons. The molecular formula is C95H73NO46. The monoisotopic (exact) mass is 1960 g/mol. The lowest BCUT2D eigenvalue weighted by atomic mass is 9.93. The maximum Gasteiger partial charge on any atom is 0.343 e. The van der Waals surface area contributed by atoms with Crippen molar-refractivity contribution in [1.29, 1.82) is 0 Å². The molecule has 26 N–H and O–H groups in total. The van der Waals surface area contributed by atoms with E-state index in [2.05, 4.69) is 59.9 Å². The van der Waals surface area contributed by atoms with Crippen LogP contribution in [0.1, 0.15) is 132 Å². The molecule has 12 aromatic carbocycles. The minimum Gasteiger partial charge on any atom is -0.504 e. The van der Waals surface area contributed by atoms with Crippen LogP contribution in [0.4, 0.5) is 0 Å². The highest BCUT2D eigenvalue weighted by atomic mass is 16.8. The first-order chi connectivity index (χ1) is 67.3. The predicted octanol–water partition coefficient (Wildman–Crippen LogP) is 8.66. The summed E-state index contributed by atoms with van der Waals surface area (Å²) in [6.45, 7) is -0.686. The van der Waals surface area contributed by atoms with Crippen molar-refractivity contribution in [2.75, 3.05) is 20.2 Å². The van der Waals surface area contributed by atoms with Gasteiger partial charge in [0.1, 0.15) is 12.7 Å². The Balaban J connectivity index is 0.000000746. The van der Waals surface area contributed by atoms with Gasteiger partial charge in [0.15, 0.2) is 156 Å². The van der Waals surface area contributed by atoms with E-state index in [1.807, 2.05) is 7.05 Å². The zero-order valence-corrected chi connectivity index (χ0v) is 71.9. The number of aromatic hydroxyl groups is 25. The van der Waals surface area contributed by atoms with Crippen LogP contribution in [0.2, 0.25) is 0 Å². The number of nitrogens with one attached hydrogen (secondary N) is 1. The van der Waals surface area contributed by atoms with Crippen LogP contribution in [0.3, 0.4) is 0 Å². The Labute approximate surface area is 791 Å². The lowest BCUT2D eigenvalue weighted by molar-refractivity contribution is -0.282. The molecule has 734 valence electrons. The molecule has 14 rings (SSSR count). The van der Waals surface area contributed by atoms with Gasteiger partial charge in [0.25, 0.3) is 0 Å². The number of esters is 10. The Hall–Kier alpha value is -20.0. The van der Waals surface area contributed by atoms with Gasteiger partial charge >= 0.3 is 59.7 Å². The van der Waals surface area contributed by atoms with Gasteiger partial charge in [-0.2, -0.15) is 0 Å². The molecule has 1 heterocycles. The van der Waals surface area contributed by atoms with E-state index in [1.165, 1.54) is 27.8 Å². The smallest absolute Gasteiger partial charge is 0.343 e. The Bertz CT molecular complexity index is 7040. The fraction of sp³-hybridized carbons (Fsp3) is 0.116. The number of carbonyl (C=O) groups is 10. The summed E-state index contributed by atoms with van der Waals surface area (Å²) in [5, 5.41) is 264. The molecule has 2 aliphatic rings. The summed E-state index contributed by atoms with van der Waals surface area (Å²) < 4.78 is 60.4. The molecular weight excluding hydrogens is 1890 g/mol. The molecule has 1 aliphatic carbocycles. The number of phenolic OH excluding ortho intramolecular Hbond substituents is 25. The topological polar surface area (TPSA) is 790 Å². The van der Waals surface area contributed by atoms with E-state index in [-0.39, 0.29) is 0 Å². The summed E-state index contributed by atoms with van der Waals surface area (Å²) in [6, 6.07) is 26.2. The Morgan fingerprint density at radius 3 is 0.775 bits per heavy atom. The number of carbonyl (C=O) groups excluding carboxylic acids is 10. The number of ether oxygens (including phenoxy) is 11. The van der Waals surface area contributed by atoms with Crippen molar-refractivity contribution in [3.8, 4) is 172 Å². The molecule has 0 aromatic heterocycles. The van der Waals surface area contributed by atoms with Crippen molar-refractivity contribution in [3.63, 3.8) is 0 Å². The van der Waals surface area contributed by atoms with E-state index >= 15 is 14.4 Å². The van der Waals surface area contributed by atoms with Gasteiger partial charge in [0, 0.05) is 0 Å². The van der Waals surface area contributed by atoms with Crippen LogP contribution in [0.5, 0.6) is 172 Å². The van der Waals surface area contributed by atoms with E-state index in [1.54, 1.807) is 0 Å². The van der Waals surface area contributed by atoms with Gasteiger partial charge < -0.3 is 185 Å². The molecule has 47 heteroatoms. The number of benzene rings is 12. The molecule has 47 nitrogen and oxygen atoms in total. The van der Waals surface area contributed by atoms with Crippen LogP contribution in [0.15, 0.2) is 176 Å². The minimum absolute atomic E-state index is 0.295. The summed E-state index contributed by atoms with van der Waals surface area (Å²) in [7, 11) is 2.01. The zero-order chi connectivity index (χ0) is 103. The fourth-order valence-corrected chi connectivity index (χ4v) is 13.8. The third-order valence-electron chi connectivity index (χ3n) is 20.9. The van der Waals surface area contributed by atoms with Crippen LogP contribution in [0, 0.1) is 0 Å². The van der Waals surface area contributed by atoms with Crippen LogP contribution in [-0.4, -0.2) is 238 Å². The third kappa shape index (κ3) is 21.5. The number of hydrogen-bond acceptors (Lipinski definition) is 47. The number of rotatable bonds is 24. The molecule has 12 aromatic rings. The van der Waals surface area contributed by atoms with Crippen molar-refractivity contribution < 1.29 is 228 Å². The van der Waals surface area contributed by atoms with Crippen LogP contribution in [-0.2, 0) is 41.3 Å². The van der Waals surface area contributed by atoms with E-state index in [4.69, 9.17) is 52.1 Å². The highest BCUT2D eigenvalue weighted by Gasteiger charge is 2.55. The van der Waals surface area contributed by atoms with Crippen molar-refractivity contribution in [3.05, 3.63) is 254 Å². The second kappa shape index (κ2) is 41.1. The van der Waals surface area contributed by atoms with Crippen molar-refractivity contribution in [1.82, 2.24) is 5.32 Å². The van der Waals surface area contributed by atoms with E-state index in [0.29, 0.717) is 121 Å². The average Bonchev–Trinajstić information content (AvgIpc) is 0.839. The first kappa shape index (κ1) is 99.5. The third-order valence-corrected chi connectivity index (χ3v) is 20.9. The molecule has 0 spiro atoms. The van der Waals surface area contributed by atoms with Gasteiger partial charge in [0.2, 0.25) is 41.1 Å². The lowest BCUT2D eigenvalue weighted by Crippen LogP contribution is -2.63. The molecule has 142 heavy (non-hydrogen) atoms. The van der Waals surface area contributed by atoms with Crippen molar-refractivity contribution in [2.24, 2.45) is 0 Å². The van der Waals surface area contributed by atoms with Gasteiger partial charge in [-0.25, -0.2) is 47.9 Å². The summed E-state index contributed by atoms with van der Waals surface area (Å²) >= 11 is 0. The standard InChI is InChI=1S/C76H52O46.C19H21N/c77-32-1-22(2-33(78)53(32)92)67(103)113-47-16-27(11-42(87)58(47)97)66(102)112-21-52-63(119-72(108)28-12-43(88)59(98)48(17-28)114-68(104)23-3-34(79)54(93)35(80)4-23)64(120-73(109)29-13-44(89)60(99)49(18-29)115-69(105)24-5-36(81)55(94)37(82)6-24)65(121-74(110)30-14-45(90)61(100)50(19-30)116-70(106)25-7-38(83)56(95)39(84)8-25)76(118-52)122-75(111)31-15-46(91)62(101)51(20-31)117-71(107)26-9-40(85)57(96)41(86)10-26;1-20-14-6-11-19-17-9-4-2-7-15(17)12-13-16-8-3-5-10-18(16)19/h1-20,52,63-65,76-101H,21H2;2-5,7-11,20H,6,12-14H2,1H3/t52-,63-,64+,65-,76+;/m1./s1. The molecule has 0 unspecified atom stereocenters. The lowest BCUT2D eigenvalue weighted by Gasteiger charge is -2.43. The number of fused-ring (bicyclic) bond motifs is 2. The summed E-state index contributed by atoms with van der Waals surface area (Å²) in [4.78, 5) is 142. The van der Waals surface area contributed by atoms with Gasteiger partial charge in [-0.05, 0) is 182 Å². The summed E-state index contributed by atoms with van der Waals surface area (Å²) in [5.74, 6) is -56.0. The number of phenols is 25. The summed E-state index contributed by atoms with van der Waals surface area (Å²) in [6.07, 6.45) is -9.33. The highest BCUT2D eigenvalue weighted by Crippen LogP contribution is 2.49. The Morgan fingerprint density at radius 2 is 0.507 bits per heavy atom. The minimum atomic E-state index is -3.12. The van der Waals surface area contributed by atoms with E-state index in [0.717, 1.165) is 25.8 Å². The fourth-order valence-electron chi connectivity index (χ4n) is 13.8. The average molecular weight is 1960 g/mol. The van der Waals surface area contributed by atoms with Gasteiger partial charge in [0.05, 0.1) is 55.6 Å². The molecule has 1 saturated heterocycles. The Kier molecular flexibility index (Phi) is 28.8. The molecule has 1 fully saturated rings.